The van der Waals surface area contributed by atoms with Crippen LogP contribution in [0.4, 0.5) is 11.6 Å². The zero-order valence-electron chi connectivity index (χ0n) is 105. The van der Waals surface area contributed by atoms with Crippen LogP contribution in [0.25, 0.3) is 0 Å². The lowest BCUT2D eigenvalue weighted by molar-refractivity contribution is -0.143. The Kier molecular flexibility index (Phi) is 55.2. The minimum absolute atomic E-state index is 0.00726. The minimum atomic E-state index is -2.89. The molecule has 0 unspecified atom stereocenters. The summed E-state index contributed by atoms with van der Waals surface area (Å²) in [6.07, 6.45) is 10.4. The minimum Gasteiger partial charge on any atom is -0.379 e. The molecular formula is C120H238N18O9S2. The Labute approximate surface area is 922 Å². The van der Waals surface area contributed by atoms with Crippen LogP contribution < -0.4 is 15.1 Å². The number of piperidine rings is 1. The number of anilines is 2. The molecule has 2 aromatic heterocycles. The van der Waals surface area contributed by atoms with Crippen molar-refractivity contribution >= 4 is 33.2 Å². The van der Waals surface area contributed by atoms with Crippen molar-refractivity contribution in [1.29, 1.82) is 0 Å². The molecule has 1 spiro atoms. The molecule has 874 valence electrons. The highest BCUT2D eigenvalue weighted by Crippen LogP contribution is 2.53. The van der Waals surface area contributed by atoms with E-state index in [0.29, 0.717) is 39.0 Å². The average molecular weight is 2140 g/mol. The summed E-state index contributed by atoms with van der Waals surface area (Å²) in [5, 5.41) is 3.18. The van der Waals surface area contributed by atoms with Gasteiger partial charge in [-0.05, 0) is 264 Å². The van der Waals surface area contributed by atoms with E-state index in [4.69, 9.17) is 33.2 Å². The van der Waals surface area contributed by atoms with Crippen molar-refractivity contribution in [3.63, 3.8) is 0 Å². The van der Waals surface area contributed by atoms with Crippen molar-refractivity contribution in [1.82, 2.24) is 79.1 Å². The summed E-state index contributed by atoms with van der Waals surface area (Å²) in [6, 6.07) is 4.38. The number of pyridine rings is 1. The molecule has 2 aromatic rings. The van der Waals surface area contributed by atoms with Crippen LogP contribution in [-0.2, 0) is 53.8 Å². The highest BCUT2D eigenvalue weighted by Gasteiger charge is 2.59. The number of hydrogen-bond donors (Lipinski definition) is 1. The lowest BCUT2D eigenvalue weighted by Crippen LogP contribution is -2.59. The summed E-state index contributed by atoms with van der Waals surface area (Å²) in [6.45, 7) is 142. The first-order valence-corrected chi connectivity index (χ1v) is 61.0. The largest absolute Gasteiger partial charge is 0.379 e. The van der Waals surface area contributed by atoms with Gasteiger partial charge in [0.1, 0.15) is 11.6 Å². The van der Waals surface area contributed by atoms with Gasteiger partial charge in [-0.2, -0.15) is 11.8 Å². The predicted molar refractivity (Wildman–Crippen MR) is 637 cm³/mol. The van der Waals surface area contributed by atoms with Gasteiger partial charge >= 0.3 is 0 Å². The smallest absolute Gasteiger partial charge is 0.153 e. The molecule has 0 saturated carbocycles. The summed E-state index contributed by atoms with van der Waals surface area (Å²) in [5.74, 6) is 3.64. The molecular weight excluding hydrogens is 1900 g/mol. The first-order chi connectivity index (χ1) is 68.2. The van der Waals surface area contributed by atoms with Crippen LogP contribution in [0.5, 0.6) is 0 Å². The molecule has 0 bridgehead atoms. The lowest BCUT2D eigenvalue weighted by atomic mass is 9.71. The van der Waals surface area contributed by atoms with Crippen molar-refractivity contribution < 1.29 is 41.6 Å². The van der Waals surface area contributed by atoms with Crippen LogP contribution in [0.3, 0.4) is 0 Å². The number of likely N-dealkylation sites (tertiary alicyclic amines) is 3. The van der Waals surface area contributed by atoms with E-state index in [9.17, 15) is 8.42 Å². The number of thioether (sulfide) groups is 1. The van der Waals surface area contributed by atoms with Gasteiger partial charge in [0.2, 0.25) is 0 Å². The summed E-state index contributed by atoms with van der Waals surface area (Å²) >= 11 is 2.08. The molecule has 149 heavy (non-hydrogen) atoms. The topological polar surface area (TPSA) is 195 Å². The van der Waals surface area contributed by atoms with Crippen molar-refractivity contribution in [2.45, 2.75) is 406 Å². The third-order valence-electron chi connectivity index (χ3n) is 30.0. The Hall–Kier alpha value is -2.67. The van der Waals surface area contributed by atoms with Gasteiger partial charge < -0.3 is 53.2 Å². The van der Waals surface area contributed by atoms with Gasteiger partial charge in [0.25, 0.3) is 0 Å². The van der Waals surface area contributed by atoms with E-state index in [0.717, 1.165) is 253 Å². The Balaban J connectivity index is 0.000000306. The standard InChI is InChI=1S/C19H33N3O.C19H38N2O2.C19H38N2O.C18H32N4O.C18H39N3O2.C14H30N2S.C13H28N2O2S/c1-18(2,3)16-7-8-17(20-15-16)22-11-9-21(10-12-22)13-14-23-19(4,5)6;1-17(2,3)21-11-8-19(9-12-21)16-20(13-15-23-19)10-7-14-22-18(4,5)6;1-16(2,3)21-14-18(7)12-20(13-19(18,8)15-21)10-9-11-22-17(4,5)6;1-17(2,3)15-13-20-16(14-19-15)22-9-7-21(8-10-22)11-12-23-18(4,5)6;1-17(2,3)19-7-14-22-15-12-20-8-10-21(11-9-20)13-16-23-18(4,5)6;1-13(2,3)16-9-7-15(8-10-16)11-12-17-14(4,5)6;1-12(2)18(16,17)11-10-14-6-8-15(9-7-14)13(3,4)5/h7-8,15H,9-14H2,1-6H3;7-16H2,1-6H3;9-15H2,1-8H3;13-14H,7-12H2,1-6H3;19H,7-16H2,1-6H3;7-12H2,1-6H3;12H,6-11H2,1-5H3/t;;18-,19+;;;;. The van der Waals surface area contributed by atoms with Gasteiger partial charge in [-0.25, -0.2) is 18.4 Å². The van der Waals surface area contributed by atoms with E-state index in [1.807, 2.05) is 18.6 Å². The highest BCUT2D eigenvalue weighted by molar-refractivity contribution is 8.00. The van der Waals surface area contributed by atoms with Gasteiger partial charge in [-0.1, -0.05) is 82.2 Å². The molecule has 1 N–H and O–H groups in total. The number of morpholine rings is 1. The van der Waals surface area contributed by atoms with Crippen molar-refractivity contribution in [3.05, 3.63) is 42.0 Å². The van der Waals surface area contributed by atoms with Crippen LogP contribution in [0.1, 0.15) is 335 Å². The number of nitrogens with one attached hydrogen (secondary N) is 1. The Morgan fingerprint density at radius 1 is 0.356 bits per heavy atom. The lowest BCUT2D eigenvalue weighted by Gasteiger charge is -2.50. The van der Waals surface area contributed by atoms with E-state index >= 15 is 0 Å². The zero-order chi connectivity index (χ0) is 113. The molecule has 29 heteroatoms. The number of hydrogen-bond acceptors (Lipinski definition) is 28. The van der Waals surface area contributed by atoms with Crippen molar-refractivity contribution in [2.75, 3.05) is 316 Å². The number of aromatic nitrogens is 3. The molecule has 0 aliphatic carbocycles. The van der Waals surface area contributed by atoms with Crippen molar-refractivity contribution in [2.24, 2.45) is 10.8 Å². The maximum atomic E-state index is 11.8. The van der Waals surface area contributed by atoms with E-state index < -0.39 is 9.84 Å². The molecule has 27 nitrogen and oxygen atoms in total. The maximum Gasteiger partial charge on any atom is 0.153 e. The van der Waals surface area contributed by atoms with Crippen LogP contribution in [-0.4, -0.2) is 460 Å². The third kappa shape index (κ3) is 56.3. The molecule has 9 aliphatic heterocycles. The predicted octanol–water partition coefficient (Wildman–Crippen LogP) is 18.8. The van der Waals surface area contributed by atoms with E-state index in [1.165, 1.54) is 89.6 Å². The third-order valence-corrected chi connectivity index (χ3v) is 33.5. The van der Waals surface area contributed by atoms with Gasteiger partial charge in [-0.15, -0.1) is 0 Å². The molecule has 9 fully saturated rings. The Bertz CT molecular complexity index is 3920. The quantitative estimate of drug-likeness (QED) is 0.0679. The summed E-state index contributed by atoms with van der Waals surface area (Å²) in [5.41, 5.74) is 4.68. The number of rotatable bonds is 32. The first-order valence-electron chi connectivity index (χ1n) is 58.3. The van der Waals surface area contributed by atoms with Gasteiger partial charge in [0.15, 0.2) is 9.84 Å². The molecule has 9 saturated heterocycles. The fourth-order valence-corrected chi connectivity index (χ4v) is 21.7. The highest BCUT2D eigenvalue weighted by atomic mass is 32.2. The normalized spacial score (nSPS) is 22.0. The fourth-order valence-electron chi connectivity index (χ4n) is 19.8. The fraction of sp³-hybridized carbons (Fsp3) is 0.925. The Morgan fingerprint density at radius 3 is 1.07 bits per heavy atom. The summed E-state index contributed by atoms with van der Waals surface area (Å²) < 4.78 is 65.1. The molecule has 0 aromatic carbocycles. The van der Waals surface area contributed by atoms with Crippen LogP contribution in [0.2, 0.25) is 0 Å². The number of fused-ring (bicyclic) bond motifs is 1. The van der Waals surface area contributed by atoms with Gasteiger partial charge in [-0.3, -0.25) is 58.9 Å². The number of piperazine rings is 5. The van der Waals surface area contributed by atoms with Gasteiger partial charge in [0.05, 0.1) is 102 Å². The van der Waals surface area contributed by atoms with Gasteiger partial charge in [0, 0.05) is 316 Å². The maximum absolute atomic E-state index is 11.8. The summed E-state index contributed by atoms with van der Waals surface area (Å²) in [4.78, 5) is 49.0. The molecule has 11 heterocycles. The monoisotopic (exact) mass is 2140 g/mol. The number of ether oxygens (including phenoxy) is 7. The Morgan fingerprint density at radius 2 is 0.718 bits per heavy atom. The first kappa shape index (κ1) is 137. The molecule has 11 rings (SSSR count). The van der Waals surface area contributed by atoms with E-state index in [1.54, 1.807) is 13.8 Å². The second-order valence-corrected chi connectivity index (χ2v) is 62.6. The second kappa shape index (κ2) is 60.2. The number of nitrogens with zero attached hydrogens (tertiary/aromatic N) is 17. The zero-order valence-corrected chi connectivity index (χ0v) is 107. The van der Waals surface area contributed by atoms with Crippen LogP contribution in [0, 0.1) is 10.8 Å². The van der Waals surface area contributed by atoms with E-state index in [2.05, 4.69) is 397 Å². The molecule has 0 amide bonds. The van der Waals surface area contributed by atoms with Crippen LogP contribution >= 0.6 is 11.8 Å². The summed E-state index contributed by atoms with van der Waals surface area (Å²) in [7, 11) is -2.89. The average Bonchev–Trinajstić information content (AvgIpc) is 1.57. The molecule has 2 atom stereocenters. The van der Waals surface area contributed by atoms with Crippen LogP contribution in [0.15, 0.2) is 30.7 Å². The molecule has 9 aliphatic rings. The van der Waals surface area contributed by atoms with Crippen molar-refractivity contribution in [3.8, 4) is 0 Å². The molecule has 0 radical (unpaired) electrons. The number of sulfone groups is 1. The SMILES string of the molecule is CC(C)(C)NCCOCCN1CCN(CCOC(C)(C)C)CC1.CC(C)(C)OCCCN1CCOC2(CCN(C(C)(C)C)CC2)C1.CC(C)(C)OCCCN1C[C@@]2(C)CN(C(C)(C)C)C[C@@]2(C)C1.CC(C)(C)OCCN1CCN(c2ccc(C(C)(C)C)cn2)CC1.CC(C)(C)OCCN1CCN(c2cnc(C(C)(C)C)cn2)CC1.CC(C)(C)SCCN1CCN(C(C)(C)C)CC1.CC(C)S(=O)(=O)CCN1CCN(C(C)(C)C)CC1. The van der Waals surface area contributed by atoms with E-state index in [-0.39, 0.29) is 66.3 Å². The second-order valence-electron chi connectivity index (χ2n) is 58.0.